The maximum Gasteiger partial charge on any atom is 0.324 e. The van der Waals surface area contributed by atoms with E-state index in [2.05, 4.69) is 39.0 Å². The number of aliphatic carboxylic acids is 1. The summed E-state index contributed by atoms with van der Waals surface area (Å²) in [5, 5.41) is 29.1. The molecule has 0 bridgehead atoms. The number of nitrogens with two attached hydrogens (primary N) is 1. The lowest BCUT2D eigenvalue weighted by Gasteiger charge is -2.22. The molecule has 4 atom stereocenters. The van der Waals surface area contributed by atoms with Crippen molar-refractivity contribution in [2.75, 3.05) is 19.0 Å². The molecule has 0 aromatic rings. The highest BCUT2D eigenvalue weighted by molar-refractivity contribution is 8.00. The van der Waals surface area contributed by atoms with Gasteiger partial charge in [-0.25, -0.2) is 0 Å². The molecule has 0 amide bonds. The lowest BCUT2D eigenvalue weighted by atomic mass is 10.0. The first-order valence-electron chi connectivity index (χ1n) is 22.5. The van der Waals surface area contributed by atoms with Gasteiger partial charge in [0.15, 0.2) is 6.10 Å². The van der Waals surface area contributed by atoms with E-state index in [-0.39, 0.29) is 37.6 Å². The van der Waals surface area contributed by atoms with Crippen LogP contribution in [0.15, 0.2) is 48.6 Å². The molecule has 0 spiro atoms. The molecule has 0 radical (unpaired) electrons. The minimum absolute atomic E-state index is 0.0475. The molecule has 0 saturated carbocycles. The molecule has 0 aromatic heterocycles. The number of thioether (sulfide) groups is 1. The van der Waals surface area contributed by atoms with Gasteiger partial charge >= 0.3 is 17.9 Å². The zero-order valence-corrected chi connectivity index (χ0v) is 37.0. The van der Waals surface area contributed by atoms with Crippen LogP contribution in [0.5, 0.6) is 0 Å². The van der Waals surface area contributed by atoms with E-state index in [0.717, 1.165) is 38.0 Å². The molecule has 330 valence electrons. The molecule has 9 nitrogen and oxygen atoms in total. The molecule has 0 saturated heterocycles. The topological polar surface area (TPSA) is 156 Å². The first-order valence-corrected chi connectivity index (χ1v) is 23.5. The van der Waals surface area contributed by atoms with Gasteiger partial charge in [0.2, 0.25) is 0 Å². The predicted octanol–water partition coefficient (Wildman–Crippen LogP) is 11.0. The van der Waals surface area contributed by atoms with E-state index in [1.807, 2.05) is 30.4 Å². The number of hydrogen-bond acceptors (Lipinski definition) is 9. The summed E-state index contributed by atoms with van der Waals surface area (Å²) in [7, 11) is 0. The Bertz CT molecular complexity index is 1090. The van der Waals surface area contributed by atoms with Crippen molar-refractivity contribution in [2.24, 2.45) is 11.7 Å². The van der Waals surface area contributed by atoms with Crippen molar-refractivity contribution >= 4 is 29.7 Å². The summed E-state index contributed by atoms with van der Waals surface area (Å²) in [4.78, 5) is 36.0. The van der Waals surface area contributed by atoms with Crippen molar-refractivity contribution in [1.82, 2.24) is 0 Å². The van der Waals surface area contributed by atoms with E-state index >= 15 is 0 Å². The number of ether oxygens (including phenoxy) is 2. The fraction of sp³-hybridized carbons (Fsp3) is 0.766. The number of carbonyl (C=O) groups excluding carboxylic acids is 2. The molecule has 57 heavy (non-hydrogen) atoms. The smallest absolute Gasteiger partial charge is 0.324 e. The third kappa shape index (κ3) is 37.6. The third-order valence-electron chi connectivity index (χ3n) is 9.80. The van der Waals surface area contributed by atoms with Crippen molar-refractivity contribution in [1.29, 1.82) is 0 Å². The van der Waals surface area contributed by atoms with Crippen molar-refractivity contribution in [3.8, 4) is 0 Å². The SMILES string of the molecule is CCCCC/C=C\C\C=C/C=C/C=C/[C@@H](SC[C@H](N)C(=O)O[C@@H](CO)COC(=O)CCCCCCCCCCCCCCCCCC(C)C)[C@@H](O)CCCC(=O)O. The van der Waals surface area contributed by atoms with Crippen LogP contribution in [0, 0.1) is 5.92 Å². The number of carboxylic acids is 1. The van der Waals surface area contributed by atoms with E-state index in [1.54, 1.807) is 0 Å². The van der Waals surface area contributed by atoms with Gasteiger partial charge < -0.3 is 30.5 Å². The van der Waals surface area contributed by atoms with Gasteiger partial charge in [0.05, 0.1) is 12.7 Å². The van der Waals surface area contributed by atoms with Gasteiger partial charge in [-0.05, 0) is 44.4 Å². The summed E-state index contributed by atoms with van der Waals surface area (Å²) in [6.45, 7) is 6.04. The van der Waals surface area contributed by atoms with E-state index in [1.165, 1.54) is 114 Å². The van der Waals surface area contributed by atoms with Gasteiger partial charge in [-0.3, -0.25) is 14.4 Å². The number of allylic oxidation sites excluding steroid dienone is 7. The second-order valence-electron chi connectivity index (χ2n) is 15.8. The van der Waals surface area contributed by atoms with Crippen LogP contribution in [0.2, 0.25) is 0 Å². The predicted molar refractivity (Wildman–Crippen MR) is 238 cm³/mol. The zero-order valence-electron chi connectivity index (χ0n) is 36.2. The number of unbranched alkanes of at least 4 members (excludes halogenated alkanes) is 17. The number of carboxylic acid groups (broad SMARTS) is 1. The van der Waals surface area contributed by atoms with Crippen molar-refractivity contribution in [3.05, 3.63) is 48.6 Å². The first kappa shape index (κ1) is 54.6. The minimum Gasteiger partial charge on any atom is -0.481 e. The van der Waals surface area contributed by atoms with Crippen LogP contribution in [0.4, 0.5) is 0 Å². The Morgan fingerprint density at radius 2 is 1.30 bits per heavy atom. The van der Waals surface area contributed by atoms with Gasteiger partial charge in [0.1, 0.15) is 12.6 Å². The lowest BCUT2D eigenvalue weighted by Crippen LogP contribution is -2.40. The number of esters is 2. The maximum absolute atomic E-state index is 12.7. The average Bonchev–Trinajstić information content (AvgIpc) is 3.18. The van der Waals surface area contributed by atoms with Gasteiger partial charge in [-0.1, -0.05) is 179 Å². The Labute approximate surface area is 351 Å². The Hall–Kier alpha value is -2.40. The molecule has 0 rings (SSSR count). The van der Waals surface area contributed by atoms with Crippen LogP contribution in [0.3, 0.4) is 0 Å². The highest BCUT2D eigenvalue weighted by Crippen LogP contribution is 2.22. The van der Waals surface area contributed by atoms with Crippen LogP contribution in [-0.4, -0.2) is 75.7 Å². The van der Waals surface area contributed by atoms with E-state index in [9.17, 15) is 24.6 Å². The number of aliphatic hydroxyl groups is 2. The highest BCUT2D eigenvalue weighted by atomic mass is 32.2. The molecule has 0 aromatic carbocycles. The third-order valence-corrected chi connectivity index (χ3v) is 11.2. The molecule has 10 heteroatoms. The van der Waals surface area contributed by atoms with Crippen molar-refractivity contribution in [3.63, 3.8) is 0 Å². The lowest BCUT2D eigenvalue weighted by molar-refractivity contribution is -0.162. The standard InChI is InChI=1S/C47H83NO8S/c1-4-5-6-7-8-9-10-17-20-23-26-29-34-44(43(50)33-31-35-45(51)52)57-39-42(48)47(54)56-41(37-49)38-55-46(53)36-30-27-24-21-18-15-13-11-12-14-16-19-22-25-28-32-40(2)3/h8-9,17,20,23,26,29,34,40-44,49-50H,4-7,10-16,18-19,21-22,24-25,27-28,30-33,35-39,48H2,1-3H3,(H,51,52)/b9-8-,20-17-,26-23+,34-29+/t41-,42-,43-,44+/m0/s1. The number of rotatable bonds is 40. The van der Waals surface area contributed by atoms with Crippen LogP contribution < -0.4 is 5.73 Å². The summed E-state index contributed by atoms with van der Waals surface area (Å²) in [6, 6.07) is -1.05. The van der Waals surface area contributed by atoms with E-state index < -0.39 is 42.0 Å². The first-order chi connectivity index (χ1) is 27.6. The molecule has 5 N–H and O–H groups in total. The average molecular weight is 822 g/mol. The molecule has 0 aliphatic carbocycles. The summed E-state index contributed by atoms with van der Waals surface area (Å²) >= 11 is 1.27. The molecule has 0 aliphatic rings. The van der Waals surface area contributed by atoms with Crippen LogP contribution in [-0.2, 0) is 23.9 Å². The number of hydrogen-bond donors (Lipinski definition) is 4. The van der Waals surface area contributed by atoms with E-state index in [0.29, 0.717) is 6.42 Å². The normalized spacial score (nSPS) is 14.3. The second-order valence-corrected chi connectivity index (χ2v) is 17.0. The van der Waals surface area contributed by atoms with Crippen molar-refractivity contribution < 1.29 is 39.2 Å². The Balaban J connectivity index is 4.36. The summed E-state index contributed by atoms with van der Waals surface area (Å²) in [6.07, 6.45) is 40.5. The molecule has 0 fully saturated rings. The summed E-state index contributed by atoms with van der Waals surface area (Å²) in [5.41, 5.74) is 6.12. The Morgan fingerprint density at radius 3 is 1.88 bits per heavy atom. The fourth-order valence-corrected chi connectivity index (χ4v) is 7.35. The molecule has 0 aliphatic heterocycles. The van der Waals surface area contributed by atoms with Gasteiger partial charge in [0.25, 0.3) is 0 Å². The molecule has 0 unspecified atom stereocenters. The number of aliphatic hydroxyl groups excluding tert-OH is 2. The highest BCUT2D eigenvalue weighted by Gasteiger charge is 2.24. The summed E-state index contributed by atoms with van der Waals surface area (Å²) in [5.74, 6) is -1.10. The van der Waals surface area contributed by atoms with Crippen LogP contribution in [0.1, 0.15) is 181 Å². The molecule has 0 heterocycles. The van der Waals surface area contributed by atoms with Crippen LogP contribution >= 0.6 is 11.8 Å². The molecular formula is C47H83NO8S. The second kappa shape index (κ2) is 40.4. The largest absolute Gasteiger partial charge is 0.481 e. The molecular weight excluding hydrogens is 739 g/mol. The minimum atomic E-state index is -1.05. The Morgan fingerprint density at radius 1 is 0.702 bits per heavy atom. The van der Waals surface area contributed by atoms with Gasteiger partial charge in [0, 0.05) is 23.8 Å². The van der Waals surface area contributed by atoms with Crippen LogP contribution in [0.25, 0.3) is 0 Å². The maximum atomic E-state index is 12.7. The quantitative estimate of drug-likeness (QED) is 0.0203. The van der Waals surface area contributed by atoms with Gasteiger partial charge in [-0.15, -0.1) is 11.8 Å². The monoisotopic (exact) mass is 822 g/mol. The van der Waals surface area contributed by atoms with Crippen molar-refractivity contribution in [2.45, 2.75) is 205 Å². The fourth-order valence-electron chi connectivity index (χ4n) is 6.22. The Kier molecular flexibility index (Phi) is 38.7. The summed E-state index contributed by atoms with van der Waals surface area (Å²) < 4.78 is 10.6. The van der Waals surface area contributed by atoms with Gasteiger partial charge in [-0.2, -0.15) is 0 Å². The zero-order chi connectivity index (χ0) is 42.2. The number of carbonyl (C=O) groups is 3. The van der Waals surface area contributed by atoms with E-state index in [4.69, 9.17) is 20.3 Å².